The number of nitrogens with zero attached hydrogens (tertiary/aromatic N) is 2. The third-order valence-electron chi connectivity index (χ3n) is 1.07. The molecule has 1 aromatic heterocycles. The van der Waals surface area contributed by atoms with Gasteiger partial charge < -0.3 is 0 Å². The summed E-state index contributed by atoms with van der Waals surface area (Å²) in [5.74, 6) is 0. The fourth-order valence-electron chi connectivity index (χ4n) is 0.578. The first-order valence-corrected chi connectivity index (χ1v) is 5.71. The van der Waals surface area contributed by atoms with E-state index in [1.165, 1.54) is 23.5 Å². The molecule has 0 N–H and O–H groups in total. The summed E-state index contributed by atoms with van der Waals surface area (Å²) in [6, 6.07) is 0. The van der Waals surface area contributed by atoms with E-state index in [-0.39, 0.29) is 0 Å². The van der Waals surface area contributed by atoms with Crippen molar-refractivity contribution in [2.45, 2.75) is 10.2 Å². The molecule has 0 spiro atoms. The van der Waals surface area contributed by atoms with Gasteiger partial charge >= 0.3 is 0 Å². The molecule has 0 aliphatic heterocycles. The zero-order valence-electron chi connectivity index (χ0n) is 6.17. The first-order chi connectivity index (χ1) is 5.27. The minimum absolute atomic E-state index is 0.621. The number of rotatable bonds is 2. The van der Waals surface area contributed by atoms with Gasteiger partial charge in [0, 0.05) is 0 Å². The minimum Gasteiger partial charge on any atom is -0.229 e. The number of hydrogen-bond donors (Lipinski definition) is 0. The summed E-state index contributed by atoms with van der Waals surface area (Å²) in [6.07, 6.45) is 5.51. The predicted molar refractivity (Wildman–Crippen MR) is 50.6 cm³/mol. The first kappa shape index (κ1) is 9.16. The lowest BCUT2D eigenvalue weighted by atomic mass is 10.7. The van der Waals surface area contributed by atoms with Crippen molar-refractivity contribution in [2.75, 3.05) is 12.5 Å². The molecule has 0 atom stereocenters. The summed E-state index contributed by atoms with van der Waals surface area (Å²) in [4.78, 5) is 8.20. The zero-order chi connectivity index (χ0) is 8.27. The molecule has 0 aromatic carbocycles. The topological polar surface area (TPSA) is 25.8 Å². The second-order valence-electron chi connectivity index (χ2n) is 1.71. The Kier molecular flexibility index (Phi) is 3.48. The first-order valence-electron chi connectivity index (χ1n) is 2.88. The Morgan fingerprint density at radius 2 is 2.09 bits per heavy atom. The Morgan fingerprint density at radius 3 is 2.64 bits per heavy atom. The van der Waals surface area contributed by atoms with Crippen LogP contribution < -0.4 is 0 Å². The molecule has 0 bridgehead atoms. The molecule has 0 aliphatic carbocycles. The Bertz CT molecular complexity index is 254. The number of thioether (sulfide) groups is 2. The molecule has 0 amide bonds. The van der Waals surface area contributed by atoms with Gasteiger partial charge in [0.15, 0.2) is 5.16 Å². The van der Waals surface area contributed by atoms with Crippen LogP contribution in [-0.2, 0) is 0 Å². The Morgan fingerprint density at radius 1 is 1.36 bits per heavy atom. The molecule has 0 unspecified atom stereocenters. The van der Waals surface area contributed by atoms with Gasteiger partial charge in [0.2, 0.25) is 0 Å². The monoisotopic (exact) mass is 206 g/mol. The summed E-state index contributed by atoms with van der Waals surface area (Å²) in [7, 11) is 0. The van der Waals surface area contributed by atoms with Gasteiger partial charge in [-0.1, -0.05) is 23.4 Å². The summed E-state index contributed by atoms with van der Waals surface area (Å²) < 4.78 is 0. The van der Waals surface area contributed by atoms with Crippen molar-refractivity contribution in [3.63, 3.8) is 0 Å². The summed E-state index contributed by atoms with van der Waals surface area (Å²) in [5, 5.41) is 2.22. The van der Waals surface area contributed by atoms with Gasteiger partial charge in [0.05, 0.1) is 11.2 Å². The number of hydrogen-bond acceptors (Lipinski definition) is 4. The van der Waals surface area contributed by atoms with Crippen LogP contribution in [0.5, 0.6) is 0 Å². The van der Waals surface area contributed by atoms with Gasteiger partial charge in [0.1, 0.15) is 5.03 Å². The van der Waals surface area contributed by atoms with Crippen LogP contribution in [0.4, 0.5) is 0 Å². The third-order valence-corrected chi connectivity index (χ3v) is 2.71. The Labute approximate surface area is 79.2 Å². The second-order valence-corrected chi connectivity index (χ2v) is 3.69. The highest BCUT2D eigenvalue weighted by molar-refractivity contribution is 7.99. The molecule has 1 aromatic rings. The molecular weight excluding hydrogens is 200 g/mol. The zero-order valence-corrected chi connectivity index (χ0v) is 8.56. The molecule has 0 fully saturated rings. The molecule has 1 heterocycles. The highest BCUT2D eigenvalue weighted by Gasteiger charge is 2.01. The molecule has 5 heteroatoms. The van der Waals surface area contributed by atoms with E-state index in [0.717, 1.165) is 10.2 Å². The lowest BCUT2D eigenvalue weighted by Crippen LogP contribution is -1.87. The van der Waals surface area contributed by atoms with Crippen LogP contribution >= 0.6 is 35.1 Å². The van der Waals surface area contributed by atoms with E-state index in [0.29, 0.717) is 5.02 Å². The van der Waals surface area contributed by atoms with E-state index < -0.39 is 0 Å². The van der Waals surface area contributed by atoms with Crippen molar-refractivity contribution in [3.05, 3.63) is 11.2 Å². The van der Waals surface area contributed by atoms with Crippen molar-refractivity contribution >= 4 is 35.1 Å². The maximum absolute atomic E-state index is 5.80. The maximum Gasteiger partial charge on any atom is 0.188 e. The van der Waals surface area contributed by atoms with Gasteiger partial charge in [-0.3, -0.25) is 0 Å². The van der Waals surface area contributed by atoms with Gasteiger partial charge in [-0.25, -0.2) is 9.97 Å². The van der Waals surface area contributed by atoms with E-state index in [1.807, 2.05) is 12.5 Å². The summed E-state index contributed by atoms with van der Waals surface area (Å²) in [6.45, 7) is 0. The smallest absolute Gasteiger partial charge is 0.188 e. The molecule has 1 rings (SSSR count). The summed E-state index contributed by atoms with van der Waals surface area (Å²) in [5.41, 5.74) is 0. The van der Waals surface area contributed by atoms with Crippen molar-refractivity contribution in [1.29, 1.82) is 0 Å². The van der Waals surface area contributed by atoms with E-state index in [1.54, 1.807) is 6.20 Å². The Hall–Kier alpha value is 0.0700. The van der Waals surface area contributed by atoms with E-state index >= 15 is 0 Å². The SMILES string of the molecule is CSc1ncc(Cl)c(SC)n1. The van der Waals surface area contributed by atoms with Gasteiger partial charge in [-0.05, 0) is 12.5 Å². The fourth-order valence-corrected chi connectivity index (χ4v) is 1.72. The average molecular weight is 207 g/mol. The van der Waals surface area contributed by atoms with Crippen molar-refractivity contribution in [3.8, 4) is 0 Å². The lowest BCUT2D eigenvalue weighted by Gasteiger charge is -1.99. The normalized spacial score (nSPS) is 10.1. The molecule has 2 nitrogen and oxygen atoms in total. The Balaban J connectivity index is 3.02. The summed E-state index contributed by atoms with van der Waals surface area (Å²) >= 11 is 8.84. The van der Waals surface area contributed by atoms with Gasteiger partial charge in [-0.15, -0.1) is 11.8 Å². The maximum atomic E-state index is 5.80. The largest absolute Gasteiger partial charge is 0.229 e. The van der Waals surface area contributed by atoms with Crippen LogP contribution in [0.3, 0.4) is 0 Å². The van der Waals surface area contributed by atoms with Crippen LogP contribution in [-0.4, -0.2) is 22.5 Å². The minimum atomic E-state index is 0.621. The molecule has 0 radical (unpaired) electrons. The van der Waals surface area contributed by atoms with Gasteiger partial charge in [-0.2, -0.15) is 0 Å². The van der Waals surface area contributed by atoms with Crippen molar-refractivity contribution in [1.82, 2.24) is 9.97 Å². The second kappa shape index (κ2) is 4.18. The molecule has 0 saturated carbocycles. The molecule has 0 aliphatic rings. The van der Waals surface area contributed by atoms with Crippen molar-refractivity contribution in [2.24, 2.45) is 0 Å². The quantitative estimate of drug-likeness (QED) is 0.422. The van der Waals surface area contributed by atoms with Crippen LogP contribution in [0.25, 0.3) is 0 Å². The number of halogens is 1. The molecule has 60 valence electrons. The molecule has 11 heavy (non-hydrogen) atoms. The van der Waals surface area contributed by atoms with E-state index in [2.05, 4.69) is 9.97 Å². The van der Waals surface area contributed by atoms with Crippen LogP contribution in [0.1, 0.15) is 0 Å². The lowest BCUT2D eigenvalue weighted by molar-refractivity contribution is 0.895. The standard InChI is InChI=1S/C6H7ClN2S2/c1-10-5-4(7)3-8-6(9-5)11-2/h3H,1-2H3. The number of aromatic nitrogens is 2. The third kappa shape index (κ3) is 2.25. The predicted octanol–water partition coefficient (Wildman–Crippen LogP) is 2.57. The fraction of sp³-hybridized carbons (Fsp3) is 0.333. The van der Waals surface area contributed by atoms with Crippen LogP contribution in [0, 0.1) is 0 Å². The van der Waals surface area contributed by atoms with Crippen molar-refractivity contribution < 1.29 is 0 Å². The van der Waals surface area contributed by atoms with E-state index in [9.17, 15) is 0 Å². The average Bonchev–Trinajstić information content (AvgIpc) is 2.05. The van der Waals surface area contributed by atoms with Gasteiger partial charge in [0.25, 0.3) is 0 Å². The highest BCUT2D eigenvalue weighted by Crippen LogP contribution is 2.23. The molecular formula is C6H7ClN2S2. The van der Waals surface area contributed by atoms with E-state index in [4.69, 9.17) is 11.6 Å². The van der Waals surface area contributed by atoms with Crippen LogP contribution in [0.15, 0.2) is 16.4 Å². The van der Waals surface area contributed by atoms with Crippen LogP contribution in [0.2, 0.25) is 5.02 Å². The highest BCUT2D eigenvalue weighted by atomic mass is 35.5. The molecule has 0 saturated heterocycles.